The lowest BCUT2D eigenvalue weighted by atomic mass is 10.0. The number of amides is 1. The minimum atomic E-state index is -0.0805. The second kappa shape index (κ2) is 7.34. The van der Waals surface area contributed by atoms with Gasteiger partial charge in [-0.2, -0.15) is 5.10 Å². The van der Waals surface area contributed by atoms with Gasteiger partial charge in [-0.3, -0.25) is 14.5 Å². The van der Waals surface area contributed by atoms with Crippen LogP contribution >= 0.6 is 0 Å². The van der Waals surface area contributed by atoms with Crippen molar-refractivity contribution >= 4 is 22.4 Å². The van der Waals surface area contributed by atoms with Gasteiger partial charge in [0.1, 0.15) is 11.9 Å². The minimum Gasteiger partial charge on any atom is -0.394 e. The number of fused-ring (bicyclic) bond motifs is 2. The summed E-state index contributed by atoms with van der Waals surface area (Å²) in [7, 11) is 0. The number of carbonyl (C=O) groups is 1. The highest BCUT2D eigenvalue weighted by molar-refractivity contribution is 5.96. The summed E-state index contributed by atoms with van der Waals surface area (Å²) >= 11 is 0. The fraction of sp³-hybridized carbons (Fsp3) is 0.350. The van der Waals surface area contributed by atoms with E-state index in [9.17, 15) is 9.90 Å². The van der Waals surface area contributed by atoms with Crippen molar-refractivity contribution in [2.45, 2.75) is 12.7 Å². The normalized spacial score (nSPS) is 21.1. The van der Waals surface area contributed by atoms with Crippen LogP contribution in [-0.4, -0.2) is 74.7 Å². The summed E-state index contributed by atoms with van der Waals surface area (Å²) in [5.41, 5.74) is 3.38. The number of hydrogen-bond acceptors (Lipinski definition) is 7. The van der Waals surface area contributed by atoms with Crippen molar-refractivity contribution < 1.29 is 14.6 Å². The van der Waals surface area contributed by atoms with Crippen LogP contribution in [0, 0.1) is 0 Å². The van der Waals surface area contributed by atoms with E-state index < -0.39 is 0 Å². The highest BCUT2D eigenvalue weighted by Gasteiger charge is 2.32. The van der Waals surface area contributed by atoms with Crippen molar-refractivity contribution in [3.8, 4) is 0 Å². The maximum atomic E-state index is 13.0. The molecule has 0 spiro atoms. The third-order valence-electron chi connectivity index (χ3n) is 5.42. The Bertz CT molecular complexity index is 1030. The number of aliphatic hydroxyl groups excluding tert-OH is 1. The Hall–Kier alpha value is -3.17. The van der Waals surface area contributed by atoms with E-state index in [2.05, 4.69) is 15.4 Å². The van der Waals surface area contributed by atoms with E-state index in [1.54, 1.807) is 29.5 Å². The Labute approximate surface area is 167 Å². The van der Waals surface area contributed by atoms with Crippen LogP contribution in [0.1, 0.15) is 5.56 Å². The molecule has 9 heteroatoms. The monoisotopic (exact) mass is 394 g/mol. The predicted molar refractivity (Wildman–Crippen MR) is 106 cm³/mol. The molecule has 1 unspecified atom stereocenters. The van der Waals surface area contributed by atoms with E-state index in [0.717, 1.165) is 22.0 Å². The molecule has 0 aliphatic carbocycles. The van der Waals surface area contributed by atoms with Gasteiger partial charge in [0.15, 0.2) is 0 Å². The fourth-order valence-corrected chi connectivity index (χ4v) is 3.91. The van der Waals surface area contributed by atoms with E-state index in [1.807, 2.05) is 28.2 Å². The van der Waals surface area contributed by atoms with Crippen LogP contribution in [0.2, 0.25) is 0 Å². The Morgan fingerprint density at radius 3 is 2.97 bits per heavy atom. The van der Waals surface area contributed by atoms with E-state index in [0.29, 0.717) is 38.5 Å². The molecule has 0 saturated carbocycles. The van der Waals surface area contributed by atoms with E-state index in [-0.39, 0.29) is 18.7 Å². The molecular formula is C20H22N6O3. The van der Waals surface area contributed by atoms with Gasteiger partial charge in [-0.25, -0.2) is 0 Å². The summed E-state index contributed by atoms with van der Waals surface area (Å²) in [6.45, 7) is 2.79. The Morgan fingerprint density at radius 1 is 1.28 bits per heavy atom. The van der Waals surface area contributed by atoms with Gasteiger partial charge in [-0.15, -0.1) is 0 Å². The zero-order valence-electron chi connectivity index (χ0n) is 15.9. The number of ether oxygens (including phenoxy) is 1. The Morgan fingerprint density at radius 2 is 2.14 bits per heavy atom. The first-order valence-electron chi connectivity index (χ1n) is 9.68. The number of nitrogens with zero attached hydrogens (tertiary/aromatic N) is 5. The summed E-state index contributed by atoms with van der Waals surface area (Å²) < 4.78 is 7.10. The van der Waals surface area contributed by atoms with Crippen molar-refractivity contribution in [2.75, 3.05) is 32.9 Å². The zero-order chi connectivity index (χ0) is 19.8. The molecule has 0 bridgehead atoms. The molecule has 0 radical (unpaired) electrons. The molecule has 1 atom stereocenters. The highest BCUT2D eigenvalue weighted by Crippen LogP contribution is 2.31. The lowest BCUT2D eigenvalue weighted by Gasteiger charge is -2.31. The molecule has 1 fully saturated rings. The summed E-state index contributed by atoms with van der Waals surface area (Å²) in [6.07, 6.45) is 13.1. The molecule has 1 saturated heterocycles. The fourth-order valence-electron chi connectivity index (χ4n) is 3.91. The predicted octanol–water partition coefficient (Wildman–Crippen LogP) is 0.266. The van der Waals surface area contributed by atoms with Crippen LogP contribution in [0.5, 0.6) is 0 Å². The van der Waals surface area contributed by atoms with Crippen LogP contribution < -0.4 is 5.32 Å². The summed E-state index contributed by atoms with van der Waals surface area (Å²) in [6, 6.07) is 0. The molecule has 5 rings (SSSR count). The number of carbonyl (C=O) groups excluding carboxylic acids is 1. The van der Waals surface area contributed by atoms with Crippen LogP contribution in [-0.2, 0) is 16.1 Å². The number of morpholine rings is 1. The number of rotatable bonds is 4. The third kappa shape index (κ3) is 3.08. The number of aliphatic hydroxyl groups is 1. The molecule has 150 valence electrons. The maximum Gasteiger partial charge on any atom is 0.272 e. The van der Waals surface area contributed by atoms with Crippen LogP contribution in [0.4, 0.5) is 0 Å². The topological polar surface area (TPSA) is 95.8 Å². The lowest BCUT2D eigenvalue weighted by Crippen LogP contribution is -2.44. The molecule has 1 amide bonds. The number of nitrogens with one attached hydrogen (secondary N) is 1. The van der Waals surface area contributed by atoms with Crippen molar-refractivity contribution in [3.05, 3.63) is 54.4 Å². The Balaban J connectivity index is 1.47. The molecule has 29 heavy (non-hydrogen) atoms. The standard InChI is InChI=1S/C20H22N6O3/c27-6-3-26-17-11-21-9-15(16(17)10-23-26)14-1-2-19-22-12-18(25(19)13-14)20(28)24-4-7-29-8-5-24/h1-2,9-13,19,22,27H,3-8H2. The molecule has 3 aliphatic heterocycles. The first kappa shape index (κ1) is 17.9. The molecule has 3 aliphatic rings. The van der Waals surface area contributed by atoms with Crippen LogP contribution in [0.25, 0.3) is 16.5 Å². The van der Waals surface area contributed by atoms with Gasteiger partial charge in [-0.05, 0) is 6.08 Å². The molecule has 2 aromatic rings. The number of hydrogen-bond donors (Lipinski definition) is 2. The van der Waals surface area contributed by atoms with Gasteiger partial charge in [0.2, 0.25) is 0 Å². The Kier molecular flexibility index (Phi) is 4.53. The molecular weight excluding hydrogens is 372 g/mol. The number of aromatic nitrogens is 3. The maximum absolute atomic E-state index is 13.0. The second-order valence-corrected chi connectivity index (χ2v) is 7.11. The summed E-state index contributed by atoms with van der Waals surface area (Å²) in [4.78, 5) is 21.2. The van der Waals surface area contributed by atoms with Gasteiger partial charge in [0.05, 0.1) is 44.3 Å². The van der Waals surface area contributed by atoms with Crippen molar-refractivity contribution in [2.24, 2.45) is 0 Å². The molecule has 9 nitrogen and oxygen atoms in total. The average molecular weight is 394 g/mol. The quantitative estimate of drug-likeness (QED) is 0.768. The van der Waals surface area contributed by atoms with Gasteiger partial charge >= 0.3 is 0 Å². The molecule has 2 aromatic heterocycles. The van der Waals surface area contributed by atoms with Gasteiger partial charge in [0.25, 0.3) is 5.91 Å². The SMILES string of the molecule is O=C(C1=CNC2C=CC(c3cncc4c3cnn4CCO)=CN12)N1CCOCC1. The zero-order valence-corrected chi connectivity index (χ0v) is 15.9. The number of pyridine rings is 1. The van der Waals surface area contributed by atoms with E-state index in [4.69, 9.17) is 4.74 Å². The van der Waals surface area contributed by atoms with E-state index >= 15 is 0 Å². The number of allylic oxidation sites excluding steroid dienone is 2. The third-order valence-corrected chi connectivity index (χ3v) is 5.42. The molecule has 5 heterocycles. The average Bonchev–Trinajstić information content (AvgIpc) is 3.38. The first-order chi connectivity index (χ1) is 14.3. The summed E-state index contributed by atoms with van der Waals surface area (Å²) in [5, 5.41) is 17.8. The first-order valence-corrected chi connectivity index (χ1v) is 9.68. The largest absolute Gasteiger partial charge is 0.394 e. The van der Waals surface area contributed by atoms with Crippen molar-refractivity contribution in [1.29, 1.82) is 0 Å². The minimum absolute atomic E-state index is 0.00120. The van der Waals surface area contributed by atoms with Crippen LogP contribution in [0.15, 0.2) is 48.8 Å². The van der Waals surface area contributed by atoms with Gasteiger partial charge in [-0.1, -0.05) is 6.08 Å². The van der Waals surface area contributed by atoms with Gasteiger partial charge < -0.3 is 25.0 Å². The van der Waals surface area contributed by atoms with Crippen LogP contribution in [0.3, 0.4) is 0 Å². The molecule has 2 N–H and O–H groups in total. The highest BCUT2D eigenvalue weighted by atomic mass is 16.5. The van der Waals surface area contributed by atoms with E-state index in [1.165, 1.54) is 0 Å². The lowest BCUT2D eigenvalue weighted by molar-refractivity contribution is -0.132. The van der Waals surface area contributed by atoms with Gasteiger partial charge in [0, 0.05) is 48.2 Å². The smallest absolute Gasteiger partial charge is 0.272 e. The van der Waals surface area contributed by atoms with Crippen molar-refractivity contribution in [3.63, 3.8) is 0 Å². The summed E-state index contributed by atoms with van der Waals surface area (Å²) in [5.74, 6) is 0.00120. The van der Waals surface area contributed by atoms with Crippen molar-refractivity contribution in [1.82, 2.24) is 29.9 Å². The second-order valence-electron chi connectivity index (χ2n) is 7.11. The molecule has 0 aromatic carbocycles.